The van der Waals surface area contributed by atoms with E-state index in [-0.39, 0.29) is 5.91 Å². The van der Waals surface area contributed by atoms with Crippen molar-refractivity contribution in [1.29, 1.82) is 0 Å². The first kappa shape index (κ1) is 12.9. The average molecular weight is 202 g/mol. The van der Waals surface area contributed by atoms with E-state index >= 15 is 0 Å². The van der Waals surface area contributed by atoms with Crippen LogP contribution in [0.4, 0.5) is 0 Å². The van der Waals surface area contributed by atoms with Crippen LogP contribution in [-0.2, 0) is 9.59 Å². The van der Waals surface area contributed by atoms with Gasteiger partial charge in [-0.25, -0.2) is 4.79 Å². The van der Waals surface area contributed by atoms with Crippen molar-refractivity contribution >= 4 is 11.9 Å². The Bertz CT molecular complexity index is 236. The Balaban J connectivity index is 4.90. The van der Waals surface area contributed by atoms with Crippen LogP contribution in [0.1, 0.15) is 27.7 Å². The van der Waals surface area contributed by atoms with Crippen molar-refractivity contribution < 1.29 is 14.7 Å². The predicted octanol–water partition coefficient (Wildman–Crippen LogP) is 0.0453. The highest BCUT2D eigenvalue weighted by Gasteiger charge is 2.37. The van der Waals surface area contributed by atoms with E-state index < -0.39 is 17.6 Å². The van der Waals surface area contributed by atoms with Gasteiger partial charge in [-0.3, -0.25) is 4.79 Å². The van der Waals surface area contributed by atoms with Gasteiger partial charge in [-0.2, -0.15) is 0 Å². The van der Waals surface area contributed by atoms with Gasteiger partial charge in [-0.15, -0.1) is 0 Å². The predicted molar refractivity (Wildman–Crippen MR) is 52.8 cm³/mol. The maximum absolute atomic E-state index is 11.6. The quantitative estimate of drug-likeness (QED) is 0.674. The maximum Gasteiger partial charge on any atom is 0.329 e. The minimum atomic E-state index is -1.21. The number of carbonyl (C=O) groups is 2. The summed E-state index contributed by atoms with van der Waals surface area (Å²) < 4.78 is 0. The van der Waals surface area contributed by atoms with Gasteiger partial charge < -0.3 is 15.7 Å². The minimum absolute atomic E-state index is 0.333. The van der Waals surface area contributed by atoms with Crippen LogP contribution in [0.25, 0.3) is 0 Å². The minimum Gasteiger partial charge on any atom is -0.480 e. The molecule has 0 spiro atoms. The number of aliphatic carboxylic acids is 1. The number of rotatable bonds is 4. The van der Waals surface area contributed by atoms with Gasteiger partial charge in [0.2, 0.25) is 5.91 Å². The lowest BCUT2D eigenvalue weighted by atomic mass is 10.0. The normalized spacial score (nSPS) is 13.5. The van der Waals surface area contributed by atoms with Gasteiger partial charge in [-0.05, 0) is 27.7 Å². The first-order valence-electron chi connectivity index (χ1n) is 4.55. The molecule has 1 atom stereocenters. The average Bonchev–Trinajstić information content (AvgIpc) is 2.04. The lowest BCUT2D eigenvalue weighted by Crippen LogP contribution is -2.56. The standard InChI is InChI=1S/C9H18N2O3/c1-5-11(7(12)6(2)10)9(3,4)8(13)14/h6H,5,10H2,1-4H3,(H,13,14)/t6-/m1/s1. The molecule has 0 unspecified atom stereocenters. The van der Waals surface area contributed by atoms with Crippen molar-refractivity contribution in [2.75, 3.05) is 6.54 Å². The Labute approximate surface area is 83.9 Å². The van der Waals surface area contributed by atoms with E-state index in [1.807, 2.05) is 0 Å². The Morgan fingerprint density at radius 2 is 1.93 bits per heavy atom. The Kier molecular flexibility index (Phi) is 4.07. The second-order valence-electron chi connectivity index (χ2n) is 3.74. The molecule has 3 N–H and O–H groups in total. The Morgan fingerprint density at radius 3 is 2.14 bits per heavy atom. The second kappa shape index (κ2) is 4.41. The second-order valence-corrected chi connectivity index (χ2v) is 3.74. The third-order valence-electron chi connectivity index (χ3n) is 2.17. The van der Waals surface area contributed by atoms with E-state index in [0.717, 1.165) is 0 Å². The van der Waals surface area contributed by atoms with Gasteiger partial charge in [0.05, 0.1) is 6.04 Å². The van der Waals surface area contributed by atoms with E-state index in [1.54, 1.807) is 13.8 Å². The van der Waals surface area contributed by atoms with Crippen LogP contribution < -0.4 is 5.73 Å². The van der Waals surface area contributed by atoms with Crippen molar-refractivity contribution in [2.45, 2.75) is 39.3 Å². The van der Waals surface area contributed by atoms with Crippen LogP contribution in [0.2, 0.25) is 0 Å². The molecule has 0 saturated heterocycles. The molecule has 0 aliphatic carbocycles. The highest BCUT2D eigenvalue weighted by molar-refractivity contribution is 5.88. The SMILES string of the molecule is CCN(C(=O)[C@@H](C)N)C(C)(C)C(=O)O. The molecular formula is C9H18N2O3. The third kappa shape index (κ3) is 2.45. The first-order valence-corrected chi connectivity index (χ1v) is 4.55. The van der Waals surface area contributed by atoms with E-state index in [0.29, 0.717) is 6.54 Å². The summed E-state index contributed by atoms with van der Waals surface area (Å²) in [5, 5.41) is 8.94. The fraction of sp³-hybridized carbons (Fsp3) is 0.778. The zero-order valence-electron chi connectivity index (χ0n) is 9.07. The molecule has 0 aromatic rings. The number of carbonyl (C=O) groups excluding carboxylic acids is 1. The molecule has 14 heavy (non-hydrogen) atoms. The molecule has 0 bridgehead atoms. The van der Waals surface area contributed by atoms with Crippen LogP contribution in [0.15, 0.2) is 0 Å². The molecule has 0 aliphatic rings. The van der Waals surface area contributed by atoms with Gasteiger partial charge >= 0.3 is 5.97 Å². The molecule has 82 valence electrons. The van der Waals surface area contributed by atoms with Gasteiger partial charge in [0.25, 0.3) is 0 Å². The van der Waals surface area contributed by atoms with E-state index in [9.17, 15) is 9.59 Å². The van der Waals surface area contributed by atoms with Gasteiger partial charge in [0.1, 0.15) is 5.54 Å². The number of amides is 1. The van der Waals surface area contributed by atoms with Crippen molar-refractivity contribution in [3.05, 3.63) is 0 Å². The summed E-state index contributed by atoms with van der Waals surface area (Å²) >= 11 is 0. The number of nitrogens with zero attached hydrogens (tertiary/aromatic N) is 1. The first-order chi connectivity index (χ1) is 6.25. The van der Waals surface area contributed by atoms with Crippen molar-refractivity contribution in [3.8, 4) is 0 Å². The van der Waals surface area contributed by atoms with Crippen molar-refractivity contribution in [2.24, 2.45) is 5.73 Å². The molecule has 0 radical (unpaired) electrons. The summed E-state index contributed by atoms with van der Waals surface area (Å²) in [6.45, 7) is 6.58. The van der Waals surface area contributed by atoms with Crippen LogP contribution >= 0.6 is 0 Å². The molecule has 0 aromatic carbocycles. The molecule has 5 heteroatoms. The number of hydrogen-bond donors (Lipinski definition) is 2. The zero-order valence-corrected chi connectivity index (χ0v) is 9.07. The summed E-state index contributed by atoms with van der Waals surface area (Å²) in [7, 11) is 0. The monoisotopic (exact) mass is 202 g/mol. The topological polar surface area (TPSA) is 83.6 Å². The highest BCUT2D eigenvalue weighted by Crippen LogP contribution is 2.15. The van der Waals surface area contributed by atoms with Crippen LogP contribution in [0, 0.1) is 0 Å². The maximum atomic E-state index is 11.6. The fourth-order valence-electron chi connectivity index (χ4n) is 1.19. The van der Waals surface area contributed by atoms with Crippen molar-refractivity contribution in [1.82, 2.24) is 4.90 Å². The third-order valence-corrected chi connectivity index (χ3v) is 2.17. The lowest BCUT2D eigenvalue weighted by Gasteiger charge is -2.35. The smallest absolute Gasteiger partial charge is 0.329 e. The lowest BCUT2D eigenvalue weighted by molar-refractivity contribution is -0.157. The summed E-state index contributed by atoms with van der Waals surface area (Å²) in [4.78, 5) is 23.7. The van der Waals surface area contributed by atoms with Crippen LogP contribution in [0.5, 0.6) is 0 Å². The number of carboxylic acid groups (broad SMARTS) is 1. The number of likely N-dealkylation sites (N-methyl/N-ethyl adjacent to an activating group) is 1. The molecule has 0 aromatic heterocycles. The molecule has 0 fully saturated rings. The molecule has 0 rings (SSSR count). The van der Waals surface area contributed by atoms with Gasteiger partial charge in [0, 0.05) is 6.54 Å². The van der Waals surface area contributed by atoms with Crippen molar-refractivity contribution in [3.63, 3.8) is 0 Å². The highest BCUT2D eigenvalue weighted by atomic mass is 16.4. The van der Waals surface area contributed by atoms with E-state index in [4.69, 9.17) is 10.8 Å². The molecule has 5 nitrogen and oxygen atoms in total. The van der Waals surface area contributed by atoms with E-state index in [1.165, 1.54) is 18.7 Å². The molecule has 0 heterocycles. The van der Waals surface area contributed by atoms with E-state index in [2.05, 4.69) is 0 Å². The largest absolute Gasteiger partial charge is 0.480 e. The summed E-state index contributed by atoms with van der Waals surface area (Å²) in [5.41, 5.74) is 4.22. The fourth-order valence-corrected chi connectivity index (χ4v) is 1.19. The number of hydrogen-bond acceptors (Lipinski definition) is 3. The zero-order chi connectivity index (χ0) is 11.5. The Hall–Kier alpha value is -1.10. The van der Waals surface area contributed by atoms with Crippen LogP contribution in [0.3, 0.4) is 0 Å². The molecular weight excluding hydrogens is 184 g/mol. The number of carboxylic acids is 1. The molecule has 1 amide bonds. The van der Waals surface area contributed by atoms with Gasteiger partial charge in [-0.1, -0.05) is 0 Å². The summed E-state index contributed by atoms with van der Waals surface area (Å²) in [5.74, 6) is -1.38. The molecule has 0 aliphatic heterocycles. The summed E-state index contributed by atoms with van der Waals surface area (Å²) in [6.07, 6.45) is 0. The Morgan fingerprint density at radius 1 is 1.50 bits per heavy atom. The number of nitrogens with two attached hydrogens (primary N) is 1. The van der Waals surface area contributed by atoms with Gasteiger partial charge in [0.15, 0.2) is 0 Å². The van der Waals surface area contributed by atoms with Crippen LogP contribution in [-0.4, -0.2) is 40.0 Å². The summed E-state index contributed by atoms with van der Waals surface area (Å²) in [6, 6.07) is -0.673. The molecule has 0 saturated carbocycles.